The molecule has 9 heteroatoms. The molecule has 1 heterocycles. The van der Waals surface area contributed by atoms with Crippen molar-refractivity contribution in [2.24, 2.45) is 11.7 Å². The van der Waals surface area contributed by atoms with E-state index >= 15 is 0 Å². The van der Waals surface area contributed by atoms with Crippen LogP contribution in [0.3, 0.4) is 0 Å². The first-order valence-corrected chi connectivity index (χ1v) is 7.61. The minimum atomic E-state index is -3.14. The smallest absolute Gasteiger partial charge is 0.277 e. The highest BCUT2D eigenvalue weighted by Gasteiger charge is 2.36. The van der Waals surface area contributed by atoms with Crippen molar-refractivity contribution < 1.29 is 23.1 Å². The first kappa shape index (κ1) is 21.1. The molecular weight excluding hydrogens is 356 g/mol. The summed E-state index contributed by atoms with van der Waals surface area (Å²) >= 11 is 0. The molecule has 2 rings (SSSR count). The number of carbonyl (C=O) groups excluding carboxylic acids is 2. The number of carbonyl (C=O) groups is 2. The predicted octanol–water partition coefficient (Wildman–Crippen LogP) is 1.18. The van der Waals surface area contributed by atoms with Gasteiger partial charge in [0, 0.05) is 19.5 Å². The lowest BCUT2D eigenvalue weighted by Gasteiger charge is -2.18. The summed E-state index contributed by atoms with van der Waals surface area (Å²) in [5.41, 5.74) is 5.83. The Bertz CT molecular complexity index is 599. The van der Waals surface area contributed by atoms with Crippen LogP contribution in [0.25, 0.3) is 0 Å². The number of alkyl halides is 2. The Kier molecular flexibility index (Phi) is 7.57. The molecule has 2 amide bonds. The second-order valence-electron chi connectivity index (χ2n) is 5.80. The largest absolute Gasteiger partial charge is 0.497 e. The Morgan fingerprint density at radius 1 is 1.40 bits per heavy atom. The SMILES string of the molecule is COc1ccc(CN2CC(C(=O)NCC(F)(F)CN)CC2=O)cc1.Cl. The number of likely N-dealkylation sites (tertiary alicyclic amines) is 1. The van der Waals surface area contributed by atoms with E-state index in [-0.39, 0.29) is 31.3 Å². The molecule has 1 aliphatic heterocycles. The molecule has 1 aromatic carbocycles. The number of benzene rings is 1. The monoisotopic (exact) mass is 377 g/mol. The third-order valence-electron chi connectivity index (χ3n) is 3.94. The third kappa shape index (κ3) is 5.82. The van der Waals surface area contributed by atoms with E-state index in [0.717, 1.165) is 5.56 Å². The van der Waals surface area contributed by atoms with E-state index in [1.54, 1.807) is 24.1 Å². The number of nitrogens with two attached hydrogens (primary N) is 1. The maximum Gasteiger partial charge on any atom is 0.277 e. The van der Waals surface area contributed by atoms with Gasteiger partial charge in [-0.3, -0.25) is 9.59 Å². The van der Waals surface area contributed by atoms with E-state index in [1.165, 1.54) is 0 Å². The van der Waals surface area contributed by atoms with Crippen molar-refractivity contribution in [3.63, 3.8) is 0 Å². The van der Waals surface area contributed by atoms with Crippen LogP contribution >= 0.6 is 12.4 Å². The Morgan fingerprint density at radius 2 is 2.04 bits per heavy atom. The molecule has 0 radical (unpaired) electrons. The van der Waals surface area contributed by atoms with Crippen molar-refractivity contribution in [1.29, 1.82) is 0 Å². The summed E-state index contributed by atoms with van der Waals surface area (Å²) in [6, 6.07) is 7.24. The molecule has 0 spiro atoms. The van der Waals surface area contributed by atoms with Crippen LogP contribution in [-0.2, 0) is 16.1 Å². The average Bonchev–Trinajstić information content (AvgIpc) is 2.94. The minimum Gasteiger partial charge on any atom is -0.497 e. The second kappa shape index (κ2) is 8.96. The van der Waals surface area contributed by atoms with Crippen molar-refractivity contribution in [2.75, 3.05) is 26.7 Å². The number of rotatable bonds is 7. The van der Waals surface area contributed by atoms with Gasteiger partial charge in [0.15, 0.2) is 0 Å². The van der Waals surface area contributed by atoms with Gasteiger partial charge in [-0.25, -0.2) is 8.78 Å². The number of nitrogens with one attached hydrogen (secondary N) is 1. The zero-order chi connectivity index (χ0) is 17.7. The molecule has 0 aromatic heterocycles. The third-order valence-corrected chi connectivity index (χ3v) is 3.94. The van der Waals surface area contributed by atoms with Gasteiger partial charge in [0.25, 0.3) is 5.92 Å². The van der Waals surface area contributed by atoms with Crippen LogP contribution in [0.4, 0.5) is 8.78 Å². The first-order chi connectivity index (χ1) is 11.3. The Labute approximate surface area is 151 Å². The van der Waals surface area contributed by atoms with Gasteiger partial charge in [-0.05, 0) is 17.7 Å². The summed E-state index contributed by atoms with van der Waals surface area (Å²) in [7, 11) is 1.57. The lowest BCUT2D eigenvalue weighted by molar-refractivity contribution is -0.129. The Balaban J connectivity index is 0.00000312. The van der Waals surface area contributed by atoms with Crippen LogP contribution in [0.1, 0.15) is 12.0 Å². The van der Waals surface area contributed by atoms with E-state index in [0.29, 0.717) is 12.3 Å². The zero-order valence-electron chi connectivity index (χ0n) is 13.8. The Hall–Kier alpha value is -1.93. The predicted molar refractivity (Wildman–Crippen MR) is 90.8 cm³/mol. The number of amides is 2. The van der Waals surface area contributed by atoms with Gasteiger partial charge in [0.05, 0.1) is 26.1 Å². The standard InChI is InChI=1S/C16H21F2N3O3.ClH/c1-24-13-4-2-11(3-5-13)7-21-8-12(6-14(21)22)15(23)20-10-16(17,18)9-19;/h2-5,12H,6-10,19H2,1H3,(H,20,23);1H. The summed E-state index contributed by atoms with van der Waals surface area (Å²) in [6.45, 7) is -1.07. The molecule has 6 nitrogen and oxygen atoms in total. The molecule has 0 bridgehead atoms. The van der Waals surface area contributed by atoms with Gasteiger partial charge < -0.3 is 20.7 Å². The summed E-state index contributed by atoms with van der Waals surface area (Å²) in [4.78, 5) is 25.5. The summed E-state index contributed by atoms with van der Waals surface area (Å²) in [6.07, 6.45) is 0.0240. The summed E-state index contributed by atoms with van der Waals surface area (Å²) in [5.74, 6) is -3.76. The normalized spacial score (nSPS) is 17.2. The number of hydrogen-bond acceptors (Lipinski definition) is 4. The lowest BCUT2D eigenvalue weighted by atomic mass is 10.1. The van der Waals surface area contributed by atoms with Crippen molar-refractivity contribution in [3.8, 4) is 5.75 Å². The van der Waals surface area contributed by atoms with Crippen LogP contribution in [0, 0.1) is 5.92 Å². The zero-order valence-corrected chi connectivity index (χ0v) is 14.7. The molecule has 0 aliphatic carbocycles. The van der Waals surface area contributed by atoms with Crippen LogP contribution < -0.4 is 15.8 Å². The van der Waals surface area contributed by atoms with Gasteiger partial charge in [0.2, 0.25) is 11.8 Å². The number of nitrogens with zero attached hydrogens (tertiary/aromatic N) is 1. The minimum absolute atomic E-state index is 0. The molecule has 1 unspecified atom stereocenters. The van der Waals surface area contributed by atoms with Crippen molar-refractivity contribution in [2.45, 2.75) is 18.9 Å². The highest BCUT2D eigenvalue weighted by Crippen LogP contribution is 2.22. The van der Waals surface area contributed by atoms with Crippen molar-refractivity contribution in [1.82, 2.24) is 10.2 Å². The van der Waals surface area contributed by atoms with Crippen LogP contribution in [0.15, 0.2) is 24.3 Å². The van der Waals surface area contributed by atoms with Gasteiger partial charge in [-0.1, -0.05) is 12.1 Å². The van der Waals surface area contributed by atoms with E-state index in [9.17, 15) is 18.4 Å². The highest BCUT2D eigenvalue weighted by atomic mass is 35.5. The molecule has 3 N–H and O–H groups in total. The van der Waals surface area contributed by atoms with Gasteiger partial charge in [-0.15, -0.1) is 12.4 Å². The molecule has 140 valence electrons. The lowest BCUT2D eigenvalue weighted by Crippen LogP contribution is -2.43. The van der Waals surface area contributed by atoms with Gasteiger partial charge in [0.1, 0.15) is 5.75 Å². The first-order valence-electron chi connectivity index (χ1n) is 7.61. The maximum absolute atomic E-state index is 13.1. The fourth-order valence-electron chi connectivity index (χ4n) is 2.48. The van der Waals surface area contributed by atoms with E-state index in [4.69, 9.17) is 10.5 Å². The Morgan fingerprint density at radius 3 is 2.60 bits per heavy atom. The fraction of sp³-hybridized carbons (Fsp3) is 0.500. The molecule has 0 saturated carbocycles. The maximum atomic E-state index is 13.1. The molecule has 25 heavy (non-hydrogen) atoms. The van der Waals surface area contributed by atoms with Crippen LogP contribution in [-0.4, -0.2) is 49.4 Å². The van der Waals surface area contributed by atoms with Crippen molar-refractivity contribution >= 4 is 24.2 Å². The number of hydrogen-bond donors (Lipinski definition) is 2. The quantitative estimate of drug-likeness (QED) is 0.747. The molecule has 1 atom stereocenters. The molecule has 1 aromatic rings. The number of halogens is 3. The van der Waals surface area contributed by atoms with Gasteiger partial charge in [-0.2, -0.15) is 0 Å². The number of ether oxygens (including phenoxy) is 1. The van der Waals surface area contributed by atoms with Crippen molar-refractivity contribution in [3.05, 3.63) is 29.8 Å². The highest BCUT2D eigenvalue weighted by molar-refractivity contribution is 5.89. The summed E-state index contributed by atoms with van der Waals surface area (Å²) < 4.78 is 31.2. The van der Waals surface area contributed by atoms with Crippen LogP contribution in [0.2, 0.25) is 0 Å². The molecule has 1 aliphatic rings. The fourth-order valence-corrected chi connectivity index (χ4v) is 2.48. The van der Waals surface area contributed by atoms with E-state index in [2.05, 4.69) is 5.32 Å². The van der Waals surface area contributed by atoms with E-state index < -0.39 is 30.8 Å². The second-order valence-corrected chi connectivity index (χ2v) is 5.80. The molecule has 1 fully saturated rings. The van der Waals surface area contributed by atoms with Gasteiger partial charge >= 0.3 is 0 Å². The van der Waals surface area contributed by atoms with E-state index in [1.807, 2.05) is 12.1 Å². The average molecular weight is 378 g/mol. The summed E-state index contributed by atoms with van der Waals surface area (Å²) in [5, 5.41) is 2.17. The molecule has 1 saturated heterocycles. The van der Waals surface area contributed by atoms with Crippen LogP contribution in [0.5, 0.6) is 5.75 Å². The topological polar surface area (TPSA) is 84.7 Å². The molecular formula is C16H22ClF2N3O3. The number of methoxy groups -OCH3 is 1.